The minimum Gasteiger partial charge on any atom is -0.336 e. The summed E-state index contributed by atoms with van der Waals surface area (Å²) < 4.78 is 0. The van der Waals surface area contributed by atoms with Gasteiger partial charge in [0.2, 0.25) is 0 Å². The maximum atomic E-state index is 2.39. The fourth-order valence-corrected chi connectivity index (χ4v) is 2.51. The van der Waals surface area contributed by atoms with Crippen LogP contribution in [-0.4, -0.2) is 5.54 Å². The lowest BCUT2D eigenvalue weighted by Crippen LogP contribution is -2.37. The summed E-state index contributed by atoms with van der Waals surface area (Å²) in [6.45, 7) is 11.2. The van der Waals surface area contributed by atoms with Crippen LogP contribution in [0.1, 0.15) is 46.1 Å². The third-order valence-electron chi connectivity index (χ3n) is 3.50. The molecule has 0 aliphatic heterocycles. The van der Waals surface area contributed by atoms with Gasteiger partial charge in [0.05, 0.1) is 0 Å². The Hall–Kier alpha value is -1.76. The summed E-state index contributed by atoms with van der Waals surface area (Å²) >= 11 is 0. The van der Waals surface area contributed by atoms with Crippen LogP contribution in [0.25, 0.3) is 0 Å². The smallest absolute Gasteiger partial charge is 0.0416 e. The molecule has 0 spiro atoms. The Bertz CT molecular complexity index is 532. The molecule has 0 unspecified atom stereocenters. The Kier molecular flexibility index (Phi) is 4.17. The summed E-state index contributed by atoms with van der Waals surface area (Å²) in [5.74, 6) is 0.573. The maximum absolute atomic E-state index is 2.39. The lowest BCUT2D eigenvalue weighted by molar-refractivity contribution is 0.560. The first-order valence-corrected chi connectivity index (χ1v) is 7.35. The first kappa shape index (κ1) is 14.6. The number of para-hydroxylation sites is 1. The molecule has 0 atom stereocenters. The zero-order valence-corrected chi connectivity index (χ0v) is 13.2. The maximum Gasteiger partial charge on any atom is 0.0416 e. The third kappa shape index (κ3) is 3.22. The van der Waals surface area contributed by atoms with E-state index in [9.17, 15) is 0 Å². The van der Waals surface area contributed by atoms with Gasteiger partial charge in [0.15, 0.2) is 0 Å². The molecule has 0 saturated heterocycles. The van der Waals surface area contributed by atoms with Gasteiger partial charge in [0, 0.05) is 16.9 Å². The number of nitrogens with zero attached hydrogens (tertiary/aromatic N) is 1. The van der Waals surface area contributed by atoms with Crippen molar-refractivity contribution < 1.29 is 0 Å². The minimum atomic E-state index is 0.0424. The minimum absolute atomic E-state index is 0.0424. The molecule has 0 amide bonds. The van der Waals surface area contributed by atoms with Crippen molar-refractivity contribution in [3.8, 4) is 0 Å². The molecule has 2 rings (SSSR count). The predicted octanol–water partition coefficient (Wildman–Crippen LogP) is 5.75. The monoisotopic (exact) mass is 267 g/mol. The predicted molar refractivity (Wildman–Crippen MR) is 88.9 cm³/mol. The molecule has 0 fully saturated rings. The molecular weight excluding hydrogens is 242 g/mol. The molecule has 0 radical (unpaired) electrons. The summed E-state index contributed by atoms with van der Waals surface area (Å²) in [5, 5.41) is 0. The van der Waals surface area contributed by atoms with Gasteiger partial charge in [-0.3, -0.25) is 0 Å². The van der Waals surface area contributed by atoms with E-state index in [4.69, 9.17) is 0 Å². The van der Waals surface area contributed by atoms with E-state index in [2.05, 4.69) is 94.1 Å². The van der Waals surface area contributed by atoms with Crippen LogP contribution in [0, 0.1) is 0 Å². The Balaban J connectivity index is 2.43. The van der Waals surface area contributed by atoms with Gasteiger partial charge in [-0.1, -0.05) is 44.2 Å². The fraction of sp³-hybridized carbons (Fsp3) is 0.368. The second-order valence-corrected chi connectivity index (χ2v) is 6.59. The van der Waals surface area contributed by atoms with Crippen molar-refractivity contribution >= 4 is 11.4 Å². The van der Waals surface area contributed by atoms with Crippen molar-refractivity contribution in [1.29, 1.82) is 0 Å². The van der Waals surface area contributed by atoms with Crippen molar-refractivity contribution in [3.05, 3.63) is 60.2 Å². The van der Waals surface area contributed by atoms with E-state index in [0.29, 0.717) is 5.92 Å². The molecule has 0 aromatic heterocycles. The Labute approximate surface area is 123 Å². The third-order valence-corrected chi connectivity index (χ3v) is 3.50. The van der Waals surface area contributed by atoms with Crippen LogP contribution >= 0.6 is 0 Å². The van der Waals surface area contributed by atoms with E-state index in [0.717, 1.165) is 0 Å². The van der Waals surface area contributed by atoms with Gasteiger partial charge in [0.1, 0.15) is 0 Å². The normalized spacial score (nSPS) is 11.7. The molecule has 20 heavy (non-hydrogen) atoms. The van der Waals surface area contributed by atoms with Crippen LogP contribution in [-0.2, 0) is 0 Å². The quantitative estimate of drug-likeness (QED) is 0.684. The first-order chi connectivity index (χ1) is 9.39. The Morgan fingerprint density at radius 1 is 0.750 bits per heavy atom. The fourth-order valence-electron chi connectivity index (χ4n) is 2.51. The van der Waals surface area contributed by atoms with Gasteiger partial charge in [-0.25, -0.2) is 0 Å². The highest BCUT2D eigenvalue weighted by Crippen LogP contribution is 2.33. The average molecular weight is 267 g/mol. The van der Waals surface area contributed by atoms with E-state index < -0.39 is 0 Å². The van der Waals surface area contributed by atoms with E-state index in [1.54, 1.807) is 0 Å². The van der Waals surface area contributed by atoms with E-state index in [-0.39, 0.29) is 5.54 Å². The number of rotatable bonds is 3. The SMILES string of the molecule is CC(C)c1ccc(N(c2ccccc2)C(C)(C)C)cc1. The van der Waals surface area contributed by atoms with Gasteiger partial charge < -0.3 is 4.90 Å². The van der Waals surface area contributed by atoms with Crippen molar-refractivity contribution in [2.24, 2.45) is 0 Å². The molecule has 2 aromatic carbocycles. The Morgan fingerprint density at radius 2 is 1.25 bits per heavy atom. The summed E-state index contributed by atoms with van der Waals surface area (Å²) in [7, 11) is 0. The van der Waals surface area contributed by atoms with Gasteiger partial charge in [-0.2, -0.15) is 0 Å². The molecule has 106 valence electrons. The van der Waals surface area contributed by atoms with E-state index >= 15 is 0 Å². The van der Waals surface area contributed by atoms with Crippen LogP contribution in [0.4, 0.5) is 11.4 Å². The van der Waals surface area contributed by atoms with Gasteiger partial charge in [0.25, 0.3) is 0 Å². The lowest BCUT2D eigenvalue weighted by atomic mass is 10.00. The van der Waals surface area contributed by atoms with E-state index in [1.807, 2.05) is 0 Å². The summed E-state index contributed by atoms with van der Waals surface area (Å²) in [6.07, 6.45) is 0. The van der Waals surface area contributed by atoms with Crippen LogP contribution in [0.2, 0.25) is 0 Å². The molecule has 1 heteroatoms. The van der Waals surface area contributed by atoms with Crippen LogP contribution in [0.3, 0.4) is 0 Å². The van der Waals surface area contributed by atoms with Crippen molar-refractivity contribution in [2.45, 2.75) is 46.1 Å². The number of hydrogen-bond donors (Lipinski definition) is 0. The molecular formula is C19H25N. The number of anilines is 2. The summed E-state index contributed by atoms with van der Waals surface area (Å²) in [4.78, 5) is 2.39. The molecule has 0 saturated carbocycles. The summed E-state index contributed by atoms with van der Waals surface area (Å²) in [5.41, 5.74) is 3.90. The Morgan fingerprint density at radius 3 is 1.70 bits per heavy atom. The first-order valence-electron chi connectivity index (χ1n) is 7.35. The van der Waals surface area contributed by atoms with Crippen LogP contribution in [0.15, 0.2) is 54.6 Å². The second-order valence-electron chi connectivity index (χ2n) is 6.59. The number of benzene rings is 2. The molecule has 1 nitrogen and oxygen atoms in total. The van der Waals surface area contributed by atoms with Crippen LogP contribution < -0.4 is 4.90 Å². The zero-order chi connectivity index (χ0) is 14.8. The van der Waals surface area contributed by atoms with Crippen molar-refractivity contribution in [3.63, 3.8) is 0 Å². The molecule has 0 bridgehead atoms. The summed E-state index contributed by atoms with van der Waals surface area (Å²) in [6, 6.07) is 19.5. The molecule has 0 heterocycles. The standard InChI is InChI=1S/C19H25N/c1-15(2)16-11-13-18(14-12-16)20(19(3,4)5)17-9-7-6-8-10-17/h6-15H,1-5H3. The van der Waals surface area contributed by atoms with Crippen molar-refractivity contribution in [1.82, 2.24) is 0 Å². The van der Waals surface area contributed by atoms with Gasteiger partial charge >= 0.3 is 0 Å². The van der Waals surface area contributed by atoms with E-state index in [1.165, 1.54) is 16.9 Å². The molecule has 2 aromatic rings. The highest BCUT2D eigenvalue weighted by Gasteiger charge is 2.23. The zero-order valence-electron chi connectivity index (χ0n) is 13.2. The van der Waals surface area contributed by atoms with Crippen molar-refractivity contribution in [2.75, 3.05) is 4.90 Å². The average Bonchev–Trinajstić information content (AvgIpc) is 2.39. The highest BCUT2D eigenvalue weighted by molar-refractivity contribution is 5.65. The molecule has 0 aliphatic carbocycles. The van der Waals surface area contributed by atoms with Gasteiger partial charge in [-0.15, -0.1) is 0 Å². The highest BCUT2D eigenvalue weighted by atomic mass is 15.2. The van der Waals surface area contributed by atoms with Crippen LogP contribution in [0.5, 0.6) is 0 Å². The topological polar surface area (TPSA) is 3.24 Å². The number of hydrogen-bond acceptors (Lipinski definition) is 1. The lowest BCUT2D eigenvalue weighted by Gasteiger charge is -2.38. The second kappa shape index (κ2) is 5.70. The van der Waals surface area contributed by atoms with Gasteiger partial charge in [-0.05, 0) is 56.5 Å². The largest absolute Gasteiger partial charge is 0.336 e. The molecule has 0 N–H and O–H groups in total. The molecule has 0 aliphatic rings.